The van der Waals surface area contributed by atoms with E-state index in [9.17, 15) is 4.79 Å². The number of rotatable bonds is 3. The minimum Gasteiger partial charge on any atom is -0.355 e. The Morgan fingerprint density at radius 3 is 3.09 bits per heavy atom. The first-order valence-corrected chi connectivity index (χ1v) is 5.03. The second-order valence-electron chi connectivity index (χ2n) is 2.74. The van der Waals surface area contributed by atoms with Crippen LogP contribution in [-0.4, -0.2) is 30.5 Å². The third-order valence-electron chi connectivity index (χ3n) is 1.80. The fourth-order valence-corrected chi connectivity index (χ4v) is 2.36. The lowest BCUT2D eigenvalue weighted by Crippen LogP contribution is -2.34. The average molecular weight is 174 g/mol. The van der Waals surface area contributed by atoms with E-state index in [4.69, 9.17) is 5.73 Å². The number of carbonyl (C=O) groups excluding carboxylic acids is 1. The van der Waals surface area contributed by atoms with Crippen LogP contribution in [0.1, 0.15) is 6.42 Å². The lowest BCUT2D eigenvalue weighted by Gasteiger charge is -2.08. The summed E-state index contributed by atoms with van der Waals surface area (Å²) in [6, 6.07) is 0. The largest absolute Gasteiger partial charge is 0.355 e. The molecule has 1 saturated heterocycles. The molecule has 0 saturated carbocycles. The topological polar surface area (TPSA) is 55.1 Å². The fourth-order valence-electron chi connectivity index (χ4n) is 1.07. The van der Waals surface area contributed by atoms with Crippen LogP contribution in [-0.2, 0) is 4.79 Å². The maximum absolute atomic E-state index is 10.7. The monoisotopic (exact) mass is 174 g/mol. The van der Waals surface area contributed by atoms with Crippen LogP contribution in [0.25, 0.3) is 0 Å². The lowest BCUT2D eigenvalue weighted by atomic mass is 10.1. The van der Waals surface area contributed by atoms with Crippen molar-refractivity contribution in [3.63, 3.8) is 0 Å². The van der Waals surface area contributed by atoms with Crippen LogP contribution in [0.2, 0.25) is 0 Å². The highest BCUT2D eigenvalue weighted by Gasteiger charge is 2.15. The van der Waals surface area contributed by atoms with E-state index in [0.29, 0.717) is 5.92 Å². The van der Waals surface area contributed by atoms with Crippen LogP contribution >= 0.6 is 11.8 Å². The quantitative estimate of drug-likeness (QED) is 0.624. The van der Waals surface area contributed by atoms with E-state index < -0.39 is 0 Å². The average Bonchev–Trinajstić information content (AvgIpc) is 2.52. The second kappa shape index (κ2) is 4.62. The van der Waals surface area contributed by atoms with Crippen molar-refractivity contribution in [1.82, 2.24) is 5.32 Å². The molecule has 0 aromatic rings. The van der Waals surface area contributed by atoms with E-state index >= 15 is 0 Å². The molecule has 64 valence electrons. The van der Waals surface area contributed by atoms with Crippen molar-refractivity contribution < 1.29 is 4.79 Å². The van der Waals surface area contributed by atoms with Gasteiger partial charge in [0.2, 0.25) is 5.91 Å². The Morgan fingerprint density at radius 1 is 1.73 bits per heavy atom. The summed E-state index contributed by atoms with van der Waals surface area (Å²) in [5.41, 5.74) is 5.14. The van der Waals surface area contributed by atoms with Gasteiger partial charge in [0.1, 0.15) is 0 Å². The molecule has 0 bridgehead atoms. The summed E-state index contributed by atoms with van der Waals surface area (Å²) in [7, 11) is 0. The SMILES string of the molecule is NCC(=O)NCC1CCSC1. The van der Waals surface area contributed by atoms with Crippen LogP contribution in [0.3, 0.4) is 0 Å². The number of nitrogens with two attached hydrogens (primary N) is 1. The number of amides is 1. The Balaban J connectivity index is 2.06. The molecule has 1 amide bonds. The highest BCUT2D eigenvalue weighted by molar-refractivity contribution is 7.99. The van der Waals surface area contributed by atoms with Gasteiger partial charge in [0.05, 0.1) is 6.54 Å². The highest BCUT2D eigenvalue weighted by Crippen LogP contribution is 2.22. The minimum absolute atomic E-state index is 0.0399. The molecule has 0 spiro atoms. The molecule has 1 unspecified atom stereocenters. The van der Waals surface area contributed by atoms with E-state index in [0.717, 1.165) is 6.54 Å². The summed E-state index contributed by atoms with van der Waals surface area (Å²) in [4.78, 5) is 10.7. The van der Waals surface area contributed by atoms with Crippen molar-refractivity contribution in [2.45, 2.75) is 6.42 Å². The molecule has 0 aromatic carbocycles. The summed E-state index contributed by atoms with van der Waals surface area (Å²) in [6.45, 7) is 0.920. The minimum atomic E-state index is -0.0399. The summed E-state index contributed by atoms with van der Waals surface area (Å²) in [6.07, 6.45) is 1.23. The first-order chi connectivity index (χ1) is 5.33. The summed E-state index contributed by atoms with van der Waals surface area (Å²) in [5, 5.41) is 2.80. The van der Waals surface area contributed by atoms with Gasteiger partial charge in [-0.1, -0.05) is 0 Å². The Bertz CT molecular complexity index is 134. The molecule has 1 aliphatic rings. The number of nitrogens with one attached hydrogen (secondary N) is 1. The van der Waals surface area contributed by atoms with Crippen LogP contribution in [0, 0.1) is 5.92 Å². The van der Waals surface area contributed by atoms with E-state index in [2.05, 4.69) is 5.32 Å². The number of hydrogen-bond acceptors (Lipinski definition) is 3. The van der Waals surface area contributed by atoms with Gasteiger partial charge in [-0.25, -0.2) is 0 Å². The number of hydrogen-bond donors (Lipinski definition) is 2. The molecule has 3 nitrogen and oxygen atoms in total. The van der Waals surface area contributed by atoms with Gasteiger partial charge in [-0.15, -0.1) is 0 Å². The molecule has 1 heterocycles. The van der Waals surface area contributed by atoms with Crippen molar-refractivity contribution in [2.24, 2.45) is 11.7 Å². The molecule has 4 heteroatoms. The maximum Gasteiger partial charge on any atom is 0.233 e. The maximum atomic E-state index is 10.7. The van der Waals surface area contributed by atoms with Crippen molar-refractivity contribution in [3.05, 3.63) is 0 Å². The first kappa shape index (κ1) is 8.87. The Labute approximate surface area is 71.1 Å². The Kier molecular flexibility index (Phi) is 3.72. The molecule has 1 rings (SSSR count). The van der Waals surface area contributed by atoms with Crippen molar-refractivity contribution in [2.75, 3.05) is 24.6 Å². The molecule has 0 radical (unpaired) electrons. The predicted molar refractivity (Wildman–Crippen MR) is 47.5 cm³/mol. The summed E-state index contributed by atoms with van der Waals surface area (Å²) in [5.74, 6) is 3.06. The molecule has 3 N–H and O–H groups in total. The fraction of sp³-hybridized carbons (Fsp3) is 0.857. The zero-order valence-electron chi connectivity index (χ0n) is 6.51. The number of thioether (sulfide) groups is 1. The zero-order chi connectivity index (χ0) is 8.10. The van der Waals surface area contributed by atoms with E-state index in [1.165, 1.54) is 17.9 Å². The van der Waals surface area contributed by atoms with Gasteiger partial charge >= 0.3 is 0 Å². The van der Waals surface area contributed by atoms with Gasteiger partial charge in [-0.3, -0.25) is 4.79 Å². The molecule has 1 atom stereocenters. The molecule has 1 aliphatic heterocycles. The van der Waals surface area contributed by atoms with E-state index in [1.807, 2.05) is 11.8 Å². The van der Waals surface area contributed by atoms with Crippen LogP contribution in [0.4, 0.5) is 0 Å². The summed E-state index contributed by atoms with van der Waals surface area (Å²) < 4.78 is 0. The van der Waals surface area contributed by atoms with Crippen LogP contribution < -0.4 is 11.1 Å². The van der Waals surface area contributed by atoms with Crippen LogP contribution in [0.5, 0.6) is 0 Å². The third kappa shape index (κ3) is 3.12. The standard InChI is InChI=1S/C7H14N2OS/c8-3-7(10)9-4-6-1-2-11-5-6/h6H,1-5,8H2,(H,9,10). The van der Waals surface area contributed by atoms with E-state index in [1.54, 1.807) is 0 Å². The number of carbonyl (C=O) groups is 1. The van der Waals surface area contributed by atoms with Crippen molar-refractivity contribution in [3.8, 4) is 0 Å². The van der Waals surface area contributed by atoms with Crippen molar-refractivity contribution in [1.29, 1.82) is 0 Å². The molecule has 11 heavy (non-hydrogen) atoms. The highest BCUT2D eigenvalue weighted by atomic mass is 32.2. The van der Waals surface area contributed by atoms with E-state index in [-0.39, 0.29) is 12.5 Å². The smallest absolute Gasteiger partial charge is 0.233 e. The van der Waals surface area contributed by atoms with Gasteiger partial charge in [-0.2, -0.15) is 11.8 Å². The second-order valence-corrected chi connectivity index (χ2v) is 3.89. The molecular weight excluding hydrogens is 160 g/mol. The lowest BCUT2D eigenvalue weighted by molar-refractivity contribution is -0.119. The van der Waals surface area contributed by atoms with Crippen LogP contribution in [0.15, 0.2) is 0 Å². The molecule has 1 fully saturated rings. The normalized spacial score (nSPS) is 23.5. The Hall–Kier alpha value is -0.220. The van der Waals surface area contributed by atoms with Gasteiger partial charge < -0.3 is 11.1 Å². The third-order valence-corrected chi connectivity index (χ3v) is 3.03. The molecule has 0 aliphatic carbocycles. The first-order valence-electron chi connectivity index (χ1n) is 3.87. The molecular formula is C7H14N2OS. The van der Waals surface area contributed by atoms with Gasteiger partial charge in [0, 0.05) is 6.54 Å². The van der Waals surface area contributed by atoms with Gasteiger partial charge in [0.25, 0.3) is 0 Å². The Morgan fingerprint density at radius 2 is 2.55 bits per heavy atom. The predicted octanol–water partition coefficient (Wildman–Crippen LogP) is -0.186. The van der Waals surface area contributed by atoms with Gasteiger partial charge in [-0.05, 0) is 23.8 Å². The van der Waals surface area contributed by atoms with Gasteiger partial charge in [0.15, 0.2) is 0 Å². The van der Waals surface area contributed by atoms with Crippen molar-refractivity contribution >= 4 is 17.7 Å². The molecule has 0 aromatic heterocycles. The summed E-state index contributed by atoms with van der Waals surface area (Å²) >= 11 is 1.96. The zero-order valence-corrected chi connectivity index (χ0v) is 7.32.